The molecule has 1 unspecified atom stereocenters. The highest BCUT2D eigenvalue weighted by atomic mass is 16.1. The SMILES string of the molecule is CC=N/C=C(\C)CC(NC)C(N)=O. The molecule has 0 spiro atoms. The zero-order chi connectivity index (χ0) is 10.3. The van der Waals surface area contributed by atoms with Crippen molar-refractivity contribution in [2.45, 2.75) is 26.3 Å². The lowest BCUT2D eigenvalue weighted by Crippen LogP contribution is -2.39. The van der Waals surface area contributed by atoms with Gasteiger partial charge in [0.2, 0.25) is 5.91 Å². The molecule has 0 radical (unpaired) electrons. The van der Waals surface area contributed by atoms with Crippen molar-refractivity contribution in [3.8, 4) is 0 Å². The number of nitrogens with one attached hydrogen (secondary N) is 1. The fourth-order valence-corrected chi connectivity index (χ4v) is 0.921. The van der Waals surface area contributed by atoms with E-state index in [1.807, 2.05) is 13.8 Å². The molecule has 0 heterocycles. The van der Waals surface area contributed by atoms with E-state index in [-0.39, 0.29) is 11.9 Å². The third-order valence-corrected chi connectivity index (χ3v) is 1.66. The predicted molar refractivity (Wildman–Crippen MR) is 54.6 cm³/mol. The van der Waals surface area contributed by atoms with Gasteiger partial charge in [0, 0.05) is 12.4 Å². The van der Waals surface area contributed by atoms with Crippen molar-refractivity contribution in [2.24, 2.45) is 10.7 Å². The molecule has 74 valence electrons. The molecule has 0 aliphatic carbocycles. The maximum atomic E-state index is 10.8. The highest BCUT2D eigenvalue weighted by Crippen LogP contribution is 2.03. The fraction of sp³-hybridized carbons (Fsp3) is 0.556. The maximum Gasteiger partial charge on any atom is 0.234 e. The summed E-state index contributed by atoms with van der Waals surface area (Å²) in [6.45, 7) is 3.76. The van der Waals surface area contributed by atoms with Gasteiger partial charge in [0.25, 0.3) is 0 Å². The monoisotopic (exact) mass is 183 g/mol. The summed E-state index contributed by atoms with van der Waals surface area (Å²) in [6.07, 6.45) is 4.03. The van der Waals surface area contributed by atoms with Gasteiger partial charge in [0.05, 0.1) is 6.04 Å². The average Bonchev–Trinajstić information content (AvgIpc) is 2.10. The van der Waals surface area contributed by atoms with E-state index in [1.165, 1.54) is 0 Å². The molecule has 0 saturated carbocycles. The molecule has 0 aliphatic heterocycles. The molecule has 1 amide bonds. The first-order chi connectivity index (χ1) is 6.11. The number of primary amides is 1. The first kappa shape index (κ1) is 11.8. The zero-order valence-electron chi connectivity index (χ0n) is 8.37. The number of carbonyl (C=O) groups is 1. The summed E-state index contributed by atoms with van der Waals surface area (Å²) in [4.78, 5) is 14.8. The minimum atomic E-state index is -0.337. The quantitative estimate of drug-likeness (QED) is 0.607. The number of hydrogen-bond donors (Lipinski definition) is 2. The van der Waals surface area contributed by atoms with Gasteiger partial charge in [-0.2, -0.15) is 0 Å². The van der Waals surface area contributed by atoms with Crippen LogP contribution in [0.5, 0.6) is 0 Å². The lowest BCUT2D eigenvalue weighted by Gasteiger charge is -2.11. The topological polar surface area (TPSA) is 67.5 Å². The van der Waals surface area contributed by atoms with Gasteiger partial charge >= 0.3 is 0 Å². The molecule has 0 aromatic rings. The highest BCUT2D eigenvalue weighted by Gasteiger charge is 2.12. The predicted octanol–water partition coefficient (Wildman–Crippen LogP) is 0.444. The van der Waals surface area contributed by atoms with E-state index in [0.29, 0.717) is 6.42 Å². The van der Waals surface area contributed by atoms with Crippen LogP contribution in [0, 0.1) is 0 Å². The molecule has 1 atom stereocenters. The van der Waals surface area contributed by atoms with Crippen LogP contribution in [0.4, 0.5) is 0 Å². The Balaban J connectivity index is 4.15. The summed E-state index contributed by atoms with van der Waals surface area (Å²) < 4.78 is 0. The summed E-state index contributed by atoms with van der Waals surface area (Å²) in [6, 6.07) is -0.302. The van der Waals surface area contributed by atoms with Crippen LogP contribution in [-0.4, -0.2) is 25.2 Å². The van der Waals surface area contributed by atoms with Gasteiger partial charge in [-0.25, -0.2) is 0 Å². The van der Waals surface area contributed by atoms with Gasteiger partial charge in [-0.05, 0) is 27.3 Å². The van der Waals surface area contributed by atoms with Gasteiger partial charge in [-0.15, -0.1) is 0 Å². The van der Waals surface area contributed by atoms with Crippen LogP contribution in [-0.2, 0) is 4.79 Å². The molecule has 0 rings (SSSR count). The molecule has 0 fully saturated rings. The standard InChI is InChI=1S/C9H17N3O/c1-4-12-6-7(2)5-8(11-3)9(10)13/h4,6,8,11H,5H2,1-3H3,(H2,10,13)/b7-6+,12-4?. The smallest absolute Gasteiger partial charge is 0.234 e. The Labute approximate surface area is 78.9 Å². The first-order valence-electron chi connectivity index (χ1n) is 4.21. The van der Waals surface area contributed by atoms with Crippen LogP contribution < -0.4 is 11.1 Å². The second kappa shape index (κ2) is 6.37. The Kier molecular flexibility index (Phi) is 5.80. The number of likely N-dealkylation sites (N-methyl/N-ethyl adjacent to an activating group) is 1. The van der Waals surface area contributed by atoms with Gasteiger partial charge < -0.3 is 11.1 Å². The van der Waals surface area contributed by atoms with E-state index in [9.17, 15) is 4.79 Å². The Morgan fingerprint density at radius 2 is 2.31 bits per heavy atom. The van der Waals surface area contributed by atoms with Gasteiger partial charge in [0.1, 0.15) is 0 Å². The summed E-state index contributed by atoms with van der Waals surface area (Å²) in [5.74, 6) is -0.337. The van der Waals surface area contributed by atoms with Crippen LogP contribution in [0.1, 0.15) is 20.3 Å². The Bertz CT molecular complexity index is 221. The third kappa shape index (κ3) is 5.14. The lowest BCUT2D eigenvalue weighted by molar-refractivity contribution is -0.119. The molecule has 3 N–H and O–H groups in total. The molecular weight excluding hydrogens is 166 g/mol. The number of rotatable bonds is 5. The minimum absolute atomic E-state index is 0.302. The number of hydrogen-bond acceptors (Lipinski definition) is 3. The molecule has 13 heavy (non-hydrogen) atoms. The summed E-state index contributed by atoms with van der Waals surface area (Å²) in [7, 11) is 1.71. The van der Waals surface area contributed by atoms with Crippen molar-refractivity contribution in [2.75, 3.05) is 7.05 Å². The van der Waals surface area contributed by atoms with E-state index >= 15 is 0 Å². The van der Waals surface area contributed by atoms with Crippen molar-refractivity contribution in [1.82, 2.24) is 5.32 Å². The highest BCUT2D eigenvalue weighted by molar-refractivity contribution is 5.80. The largest absolute Gasteiger partial charge is 0.368 e. The van der Waals surface area contributed by atoms with E-state index in [2.05, 4.69) is 10.3 Å². The third-order valence-electron chi connectivity index (χ3n) is 1.66. The number of carbonyl (C=O) groups excluding carboxylic acids is 1. The summed E-state index contributed by atoms with van der Waals surface area (Å²) in [5, 5.41) is 2.84. The van der Waals surface area contributed by atoms with E-state index in [1.54, 1.807) is 19.5 Å². The first-order valence-corrected chi connectivity index (χ1v) is 4.21. The molecule has 0 bridgehead atoms. The second-order valence-electron chi connectivity index (χ2n) is 2.83. The molecular formula is C9H17N3O. The fourth-order valence-electron chi connectivity index (χ4n) is 0.921. The molecule has 0 aromatic carbocycles. The minimum Gasteiger partial charge on any atom is -0.368 e. The van der Waals surface area contributed by atoms with Crippen LogP contribution in [0.2, 0.25) is 0 Å². The number of nitrogens with zero attached hydrogens (tertiary/aromatic N) is 1. The molecule has 0 aromatic heterocycles. The lowest BCUT2D eigenvalue weighted by atomic mass is 10.1. The zero-order valence-corrected chi connectivity index (χ0v) is 8.37. The number of nitrogens with two attached hydrogens (primary N) is 1. The molecule has 0 saturated heterocycles. The van der Waals surface area contributed by atoms with Gasteiger partial charge in [0.15, 0.2) is 0 Å². The Morgan fingerprint density at radius 3 is 2.69 bits per heavy atom. The molecule has 4 nitrogen and oxygen atoms in total. The Hall–Kier alpha value is -1.16. The van der Waals surface area contributed by atoms with Gasteiger partial charge in [-0.1, -0.05) is 5.57 Å². The van der Waals surface area contributed by atoms with E-state index in [0.717, 1.165) is 5.57 Å². The van der Waals surface area contributed by atoms with E-state index in [4.69, 9.17) is 5.73 Å². The van der Waals surface area contributed by atoms with Crippen molar-refractivity contribution < 1.29 is 4.79 Å². The maximum absolute atomic E-state index is 10.8. The molecule has 0 aliphatic rings. The normalized spacial score (nSPS) is 14.8. The van der Waals surface area contributed by atoms with Crippen LogP contribution in [0.25, 0.3) is 0 Å². The van der Waals surface area contributed by atoms with Crippen LogP contribution in [0.15, 0.2) is 16.8 Å². The van der Waals surface area contributed by atoms with Crippen LogP contribution >= 0.6 is 0 Å². The van der Waals surface area contributed by atoms with Crippen molar-refractivity contribution in [3.05, 3.63) is 11.8 Å². The van der Waals surface area contributed by atoms with Gasteiger partial charge in [-0.3, -0.25) is 9.79 Å². The van der Waals surface area contributed by atoms with Crippen molar-refractivity contribution >= 4 is 12.1 Å². The average molecular weight is 183 g/mol. The van der Waals surface area contributed by atoms with Crippen molar-refractivity contribution in [1.29, 1.82) is 0 Å². The summed E-state index contributed by atoms with van der Waals surface area (Å²) >= 11 is 0. The number of aliphatic imine (C=N–C) groups is 1. The second-order valence-corrected chi connectivity index (χ2v) is 2.83. The van der Waals surface area contributed by atoms with Crippen LogP contribution in [0.3, 0.4) is 0 Å². The van der Waals surface area contributed by atoms with E-state index < -0.39 is 0 Å². The molecule has 4 heteroatoms. The summed E-state index contributed by atoms with van der Waals surface area (Å²) in [5.41, 5.74) is 6.18. The van der Waals surface area contributed by atoms with Crippen molar-refractivity contribution in [3.63, 3.8) is 0 Å². The number of amides is 1. The Morgan fingerprint density at radius 1 is 1.69 bits per heavy atom.